The fourth-order valence-electron chi connectivity index (χ4n) is 9.32. The minimum absolute atomic E-state index is 0.909. The van der Waals surface area contributed by atoms with Crippen LogP contribution in [0.3, 0.4) is 0 Å². The molecule has 264 valence electrons. The van der Waals surface area contributed by atoms with Crippen LogP contribution in [0.25, 0.3) is 120 Å². The van der Waals surface area contributed by atoms with E-state index in [0.717, 1.165) is 33.2 Å². The SMILES string of the molecule is c1cc(-c2ccc3c(-c4ccc5ccccc5c4)c4ccccc4c(-c4ccc5ccccc5c4)c3c2)cc(-c2cc3ccccc3c3c2oc2ccccc23)c1. The van der Waals surface area contributed by atoms with Crippen molar-refractivity contribution in [3.05, 3.63) is 206 Å². The third-order valence-electron chi connectivity index (χ3n) is 12.0. The van der Waals surface area contributed by atoms with Crippen LogP contribution in [0.2, 0.25) is 0 Å². The van der Waals surface area contributed by atoms with Crippen LogP contribution in [0, 0.1) is 0 Å². The molecule has 1 heterocycles. The maximum Gasteiger partial charge on any atom is 0.143 e. The third kappa shape index (κ3) is 5.03. The standard InChI is InChI=1S/C56H34O/c1-3-14-37-31-43(26-24-35(37)12-1)53-46-20-7-8-21-47(46)54(44-27-25-36-13-2-4-15-38(36)32-44)51-33-40(28-29-48(51)53)39-17-11-18-41(30-39)50-34-42-16-5-6-19-45(42)55-49-22-9-10-23-52(49)57-56(50)55/h1-34H. The van der Waals surface area contributed by atoms with Gasteiger partial charge < -0.3 is 4.42 Å². The summed E-state index contributed by atoms with van der Waals surface area (Å²) in [6, 6.07) is 75.5. The van der Waals surface area contributed by atoms with E-state index < -0.39 is 0 Å². The molecule has 0 atom stereocenters. The summed E-state index contributed by atoms with van der Waals surface area (Å²) in [5, 5.41) is 14.7. The van der Waals surface area contributed by atoms with E-state index in [1.165, 1.54) is 87.1 Å². The molecule has 0 fully saturated rings. The summed E-state index contributed by atoms with van der Waals surface area (Å²) < 4.78 is 6.67. The lowest BCUT2D eigenvalue weighted by Gasteiger charge is -2.19. The molecule has 0 aliphatic heterocycles. The van der Waals surface area contributed by atoms with Gasteiger partial charge in [0.1, 0.15) is 11.2 Å². The molecule has 0 aliphatic rings. The first kappa shape index (κ1) is 31.8. The Morgan fingerprint density at radius 3 is 1.47 bits per heavy atom. The molecule has 0 aliphatic carbocycles. The van der Waals surface area contributed by atoms with Gasteiger partial charge in [-0.3, -0.25) is 0 Å². The van der Waals surface area contributed by atoms with Gasteiger partial charge in [0.15, 0.2) is 0 Å². The van der Waals surface area contributed by atoms with E-state index in [9.17, 15) is 0 Å². The van der Waals surface area contributed by atoms with Crippen molar-refractivity contribution in [2.75, 3.05) is 0 Å². The maximum absolute atomic E-state index is 6.67. The second-order valence-electron chi connectivity index (χ2n) is 15.2. The summed E-state index contributed by atoms with van der Waals surface area (Å²) in [6.07, 6.45) is 0. The fraction of sp³-hybridized carbons (Fsp3) is 0. The average molecular weight is 723 g/mol. The predicted octanol–water partition coefficient (Wildman–Crippen LogP) is 16.0. The van der Waals surface area contributed by atoms with Gasteiger partial charge in [-0.1, -0.05) is 170 Å². The summed E-state index contributed by atoms with van der Waals surface area (Å²) >= 11 is 0. The molecule has 1 aromatic heterocycles. The molecule has 12 aromatic rings. The Bertz CT molecular complexity index is 3580. The monoisotopic (exact) mass is 722 g/mol. The topological polar surface area (TPSA) is 13.1 Å². The molecule has 0 radical (unpaired) electrons. The predicted molar refractivity (Wildman–Crippen MR) is 243 cm³/mol. The zero-order valence-electron chi connectivity index (χ0n) is 31.0. The van der Waals surface area contributed by atoms with E-state index in [-0.39, 0.29) is 0 Å². The molecular weight excluding hydrogens is 689 g/mol. The van der Waals surface area contributed by atoms with Crippen molar-refractivity contribution in [2.45, 2.75) is 0 Å². The molecule has 0 saturated carbocycles. The molecule has 57 heavy (non-hydrogen) atoms. The summed E-state index contributed by atoms with van der Waals surface area (Å²) in [5.41, 5.74) is 11.4. The summed E-state index contributed by atoms with van der Waals surface area (Å²) in [4.78, 5) is 0. The fourth-order valence-corrected chi connectivity index (χ4v) is 9.32. The van der Waals surface area contributed by atoms with Crippen molar-refractivity contribution in [1.29, 1.82) is 0 Å². The molecule has 0 unspecified atom stereocenters. The van der Waals surface area contributed by atoms with E-state index in [1.807, 2.05) is 6.07 Å². The molecule has 0 bridgehead atoms. The highest BCUT2D eigenvalue weighted by Crippen LogP contribution is 2.47. The van der Waals surface area contributed by atoms with Gasteiger partial charge in [0.05, 0.1) is 0 Å². The maximum atomic E-state index is 6.67. The summed E-state index contributed by atoms with van der Waals surface area (Å²) in [5.74, 6) is 0. The Morgan fingerprint density at radius 1 is 0.263 bits per heavy atom. The minimum atomic E-state index is 0.909. The van der Waals surface area contributed by atoms with Crippen LogP contribution < -0.4 is 0 Å². The highest BCUT2D eigenvalue weighted by Gasteiger charge is 2.20. The van der Waals surface area contributed by atoms with Crippen molar-refractivity contribution < 1.29 is 4.42 Å². The van der Waals surface area contributed by atoms with Crippen molar-refractivity contribution in [2.24, 2.45) is 0 Å². The largest absolute Gasteiger partial charge is 0.455 e. The van der Waals surface area contributed by atoms with Gasteiger partial charge in [0.25, 0.3) is 0 Å². The van der Waals surface area contributed by atoms with Crippen LogP contribution in [-0.2, 0) is 0 Å². The van der Waals surface area contributed by atoms with E-state index in [4.69, 9.17) is 4.42 Å². The Kier molecular flexibility index (Phi) is 7.00. The molecule has 0 spiro atoms. The number of para-hydroxylation sites is 1. The van der Waals surface area contributed by atoms with Gasteiger partial charge in [-0.25, -0.2) is 0 Å². The first-order valence-corrected chi connectivity index (χ1v) is 19.7. The Morgan fingerprint density at radius 2 is 0.772 bits per heavy atom. The lowest BCUT2D eigenvalue weighted by Crippen LogP contribution is -1.92. The normalized spacial score (nSPS) is 11.9. The van der Waals surface area contributed by atoms with Crippen molar-refractivity contribution >= 4 is 75.8 Å². The number of benzene rings is 11. The summed E-state index contributed by atoms with van der Waals surface area (Å²) in [6.45, 7) is 0. The molecule has 0 saturated heterocycles. The third-order valence-corrected chi connectivity index (χ3v) is 12.0. The number of hydrogen-bond acceptors (Lipinski definition) is 1. The quantitative estimate of drug-likeness (QED) is 0.165. The second kappa shape index (κ2) is 12.5. The molecule has 12 rings (SSSR count). The van der Waals surface area contributed by atoms with Crippen molar-refractivity contribution in [1.82, 2.24) is 0 Å². The number of fused-ring (bicyclic) bond motifs is 9. The van der Waals surface area contributed by atoms with E-state index >= 15 is 0 Å². The van der Waals surface area contributed by atoms with Crippen LogP contribution >= 0.6 is 0 Å². The summed E-state index contributed by atoms with van der Waals surface area (Å²) in [7, 11) is 0. The van der Waals surface area contributed by atoms with Crippen LogP contribution in [0.5, 0.6) is 0 Å². The van der Waals surface area contributed by atoms with E-state index in [1.54, 1.807) is 0 Å². The average Bonchev–Trinajstić information content (AvgIpc) is 3.67. The number of furan rings is 1. The van der Waals surface area contributed by atoms with Gasteiger partial charge >= 0.3 is 0 Å². The van der Waals surface area contributed by atoms with Crippen LogP contribution in [-0.4, -0.2) is 0 Å². The Labute approximate surface area is 329 Å². The van der Waals surface area contributed by atoms with Crippen LogP contribution in [0.1, 0.15) is 0 Å². The number of rotatable bonds is 4. The minimum Gasteiger partial charge on any atom is -0.455 e. The van der Waals surface area contributed by atoms with Gasteiger partial charge in [-0.15, -0.1) is 0 Å². The van der Waals surface area contributed by atoms with E-state index in [0.29, 0.717) is 0 Å². The zero-order chi connectivity index (χ0) is 37.5. The van der Waals surface area contributed by atoms with E-state index in [2.05, 4.69) is 200 Å². The van der Waals surface area contributed by atoms with Crippen molar-refractivity contribution in [3.8, 4) is 44.5 Å². The second-order valence-corrected chi connectivity index (χ2v) is 15.2. The highest BCUT2D eigenvalue weighted by atomic mass is 16.3. The van der Waals surface area contributed by atoms with Gasteiger partial charge in [0, 0.05) is 16.3 Å². The molecule has 0 N–H and O–H groups in total. The first-order chi connectivity index (χ1) is 28.2. The molecule has 0 amide bonds. The highest BCUT2D eigenvalue weighted by molar-refractivity contribution is 6.24. The van der Waals surface area contributed by atoms with Crippen molar-refractivity contribution in [3.63, 3.8) is 0 Å². The Balaban J connectivity index is 1.12. The smallest absolute Gasteiger partial charge is 0.143 e. The molecular formula is C56H34O. The first-order valence-electron chi connectivity index (χ1n) is 19.7. The van der Waals surface area contributed by atoms with Crippen LogP contribution in [0.4, 0.5) is 0 Å². The number of hydrogen-bond donors (Lipinski definition) is 0. The zero-order valence-corrected chi connectivity index (χ0v) is 31.0. The van der Waals surface area contributed by atoms with Gasteiger partial charge in [0.2, 0.25) is 0 Å². The van der Waals surface area contributed by atoms with Crippen LogP contribution in [0.15, 0.2) is 211 Å². The Hall–Kier alpha value is -7.48. The lowest BCUT2D eigenvalue weighted by molar-refractivity contribution is 0.670. The van der Waals surface area contributed by atoms with Gasteiger partial charge in [-0.2, -0.15) is 0 Å². The molecule has 1 nitrogen and oxygen atoms in total. The molecule has 11 aromatic carbocycles. The lowest BCUT2D eigenvalue weighted by atomic mass is 9.84. The molecule has 1 heteroatoms. The van der Waals surface area contributed by atoms with Gasteiger partial charge in [-0.05, 0) is 129 Å².